The summed E-state index contributed by atoms with van der Waals surface area (Å²) < 4.78 is 5.74. The van der Waals surface area contributed by atoms with Gasteiger partial charge in [0.25, 0.3) is 0 Å². The van der Waals surface area contributed by atoms with E-state index in [9.17, 15) is 4.79 Å². The molecule has 6 heteroatoms. The summed E-state index contributed by atoms with van der Waals surface area (Å²) in [6.07, 6.45) is 3.53. The molecule has 2 rings (SSSR count). The smallest absolute Gasteiger partial charge is 0.222 e. The molecule has 1 amide bonds. The standard InChI is InChI=1S/C14H15N3O2S/c1-9(18)17-14-8-11(5-6-16-14)19-10-3-4-12(15)13(7-10)20-2/h3-8H,15H2,1-2H3,(H,16,17,18). The Morgan fingerprint density at radius 1 is 1.30 bits per heavy atom. The van der Waals surface area contributed by atoms with Crippen LogP contribution in [-0.4, -0.2) is 17.1 Å². The molecule has 0 unspecified atom stereocenters. The molecule has 0 saturated carbocycles. The Balaban J connectivity index is 2.19. The fourth-order valence-corrected chi connectivity index (χ4v) is 2.15. The predicted molar refractivity (Wildman–Crippen MR) is 81.3 cm³/mol. The van der Waals surface area contributed by atoms with Crippen LogP contribution in [0.3, 0.4) is 0 Å². The van der Waals surface area contributed by atoms with Crippen LogP contribution < -0.4 is 15.8 Å². The fraction of sp³-hybridized carbons (Fsp3) is 0.143. The van der Waals surface area contributed by atoms with E-state index in [0.717, 1.165) is 10.6 Å². The van der Waals surface area contributed by atoms with Gasteiger partial charge in [0.2, 0.25) is 5.91 Å². The highest BCUT2D eigenvalue weighted by Crippen LogP contribution is 2.30. The number of nitrogen functional groups attached to an aromatic ring is 1. The van der Waals surface area contributed by atoms with Crippen LogP contribution in [0.25, 0.3) is 0 Å². The van der Waals surface area contributed by atoms with Gasteiger partial charge in [-0.3, -0.25) is 4.79 Å². The summed E-state index contributed by atoms with van der Waals surface area (Å²) in [5.74, 6) is 1.56. The number of carbonyl (C=O) groups excluding carboxylic acids is 1. The van der Waals surface area contributed by atoms with E-state index in [-0.39, 0.29) is 5.91 Å². The van der Waals surface area contributed by atoms with Crippen molar-refractivity contribution in [2.75, 3.05) is 17.3 Å². The number of hydrogen-bond acceptors (Lipinski definition) is 5. The maximum atomic E-state index is 11.0. The maximum absolute atomic E-state index is 11.0. The van der Waals surface area contributed by atoms with Gasteiger partial charge >= 0.3 is 0 Å². The molecule has 0 spiro atoms. The lowest BCUT2D eigenvalue weighted by Gasteiger charge is -2.09. The zero-order valence-corrected chi connectivity index (χ0v) is 12.0. The van der Waals surface area contributed by atoms with Crippen LogP contribution in [0.1, 0.15) is 6.92 Å². The van der Waals surface area contributed by atoms with Gasteiger partial charge < -0.3 is 15.8 Å². The summed E-state index contributed by atoms with van der Waals surface area (Å²) in [5, 5.41) is 2.61. The number of thioether (sulfide) groups is 1. The van der Waals surface area contributed by atoms with Crippen molar-refractivity contribution in [3.8, 4) is 11.5 Å². The number of amides is 1. The largest absolute Gasteiger partial charge is 0.457 e. The van der Waals surface area contributed by atoms with E-state index in [4.69, 9.17) is 10.5 Å². The molecule has 0 fully saturated rings. The Hall–Kier alpha value is -2.21. The molecule has 1 heterocycles. The number of pyridine rings is 1. The predicted octanol–water partition coefficient (Wildman–Crippen LogP) is 3.14. The third kappa shape index (κ3) is 3.64. The van der Waals surface area contributed by atoms with E-state index in [0.29, 0.717) is 17.3 Å². The third-order valence-electron chi connectivity index (χ3n) is 2.48. The average Bonchev–Trinajstić information content (AvgIpc) is 2.40. The number of nitrogens with two attached hydrogens (primary N) is 1. The first-order valence-corrected chi connectivity index (χ1v) is 7.16. The lowest BCUT2D eigenvalue weighted by atomic mass is 10.3. The molecule has 20 heavy (non-hydrogen) atoms. The fourth-order valence-electron chi connectivity index (χ4n) is 1.61. The second kappa shape index (κ2) is 6.29. The summed E-state index contributed by atoms with van der Waals surface area (Å²) in [5.41, 5.74) is 6.56. The first kappa shape index (κ1) is 14.2. The number of aromatic nitrogens is 1. The quantitative estimate of drug-likeness (QED) is 0.668. The van der Waals surface area contributed by atoms with E-state index < -0.39 is 0 Å². The van der Waals surface area contributed by atoms with Crippen molar-refractivity contribution in [2.45, 2.75) is 11.8 Å². The second-order valence-electron chi connectivity index (χ2n) is 4.06. The SMILES string of the molecule is CSc1cc(Oc2ccnc(NC(C)=O)c2)ccc1N. The Bertz CT molecular complexity index is 632. The van der Waals surface area contributed by atoms with Crippen molar-refractivity contribution >= 4 is 29.2 Å². The third-order valence-corrected chi connectivity index (χ3v) is 3.27. The number of hydrogen-bond donors (Lipinski definition) is 2. The Kier molecular flexibility index (Phi) is 4.47. The number of nitrogens with zero attached hydrogens (tertiary/aromatic N) is 1. The number of rotatable bonds is 4. The monoisotopic (exact) mass is 289 g/mol. The minimum Gasteiger partial charge on any atom is -0.457 e. The van der Waals surface area contributed by atoms with Crippen LogP contribution >= 0.6 is 11.8 Å². The zero-order chi connectivity index (χ0) is 14.5. The van der Waals surface area contributed by atoms with Crippen molar-refractivity contribution in [1.82, 2.24) is 4.98 Å². The molecule has 0 aliphatic carbocycles. The van der Waals surface area contributed by atoms with Gasteiger partial charge in [-0.05, 0) is 30.5 Å². The molecule has 3 N–H and O–H groups in total. The molecule has 1 aromatic carbocycles. The molecular weight excluding hydrogens is 274 g/mol. The minimum absolute atomic E-state index is 0.174. The highest BCUT2D eigenvalue weighted by molar-refractivity contribution is 7.98. The first-order valence-electron chi connectivity index (χ1n) is 5.93. The van der Waals surface area contributed by atoms with E-state index >= 15 is 0 Å². The van der Waals surface area contributed by atoms with E-state index in [2.05, 4.69) is 10.3 Å². The van der Waals surface area contributed by atoms with Crippen molar-refractivity contribution in [3.05, 3.63) is 36.5 Å². The molecule has 0 aliphatic heterocycles. The van der Waals surface area contributed by atoms with Crippen molar-refractivity contribution in [2.24, 2.45) is 0 Å². The number of ether oxygens (including phenoxy) is 1. The van der Waals surface area contributed by atoms with Gasteiger partial charge in [-0.2, -0.15) is 0 Å². The molecule has 0 bridgehead atoms. The van der Waals surface area contributed by atoms with E-state index in [1.165, 1.54) is 6.92 Å². The van der Waals surface area contributed by atoms with Crippen molar-refractivity contribution in [3.63, 3.8) is 0 Å². The number of nitrogens with one attached hydrogen (secondary N) is 1. The minimum atomic E-state index is -0.174. The lowest BCUT2D eigenvalue weighted by Crippen LogP contribution is -2.07. The van der Waals surface area contributed by atoms with Crippen molar-refractivity contribution < 1.29 is 9.53 Å². The molecule has 0 atom stereocenters. The highest BCUT2D eigenvalue weighted by atomic mass is 32.2. The zero-order valence-electron chi connectivity index (χ0n) is 11.2. The van der Waals surface area contributed by atoms with Crippen LogP contribution in [-0.2, 0) is 4.79 Å². The van der Waals surface area contributed by atoms with Crippen LogP contribution in [0, 0.1) is 0 Å². The van der Waals surface area contributed by atoms with Crippen LogP contribution in [0.15, 0.2) is 41.4 Å². The normalized spacial score (nSPS) is 10.1. The second-order valence-corrected chi connectivity index (χ2v) is 4.91. The molecule has 2 aromatic rings. The van der Waals surface area contributed by atoms with Gasteiger partial charge in [-0.15, -0.1) is 11.8 Å². The lowest BCUT2D eigenvalue weighted by molar-refractivity contribution is -0.114. The molecule has 0 radical (unpaired) electrons. The van der Waals surface area contributed by atoms with E-state index in [1.54, 1.807) is 42.2 Å². The Morgan fingerprint density at radius 3 is 2.75 bits per heavy atom. The highest BCUT2D eigenvalue weighted by Gasteiger charge is 2.04. The Morgan fingerprint density at radius 2 is 2.05 bits per heavy atom. The summed E-state index contributed by atoms with van der Waals surface area (Å²) in [7, 11) is 0. The van der Waals surface area contributed by atoms with Crippen LogP contribution in [0.2, 0.25) is 0 Å². The van der Waals surface area contributed by atoms with E-state index in [1.807, 2.05) is 12.3 Å². The molecule has 0 aliphatic rings. The summed E-state index contributed by atoms with van der Waals surface area (Å²) in [6.45, 7) is 1.43. The number of anilines is 2. The maximum Gasteiger partial charge on any atom is 0.222 e. The number of carbonyl (C=O) groups is 1. The first-order chi connectivity index (χ1) is 9.58. The summed E-state index contributed by atoms with van der Waals surface area (Å²) in [6, 6.07) is 8.86. The van der Waals surface area contributed by atoms with Crippen molar-refractivity contribution in [1.29, 1.82) is 0 Å². The van der Waals surface area contributed by atoms with Gasteiger partial charge in [0.1, 0.15) is 17.3 Å². The molecule has 5 nitrogen and oxygen atoms in total. The van der Waals surface area contributed by atoms with Crippen LogP contribution in [0.4, 0.5) is 11.5 Å². The van der Waals surface area contributed by atoms with Gasteiger partial charge in [0, 0.05) is 29.8 Å². The molecule has 0 saturated heterocycles. The van der Waals surface area contributed by atoms with Gasteiger partial charge in [-0.25, -0.2) is 4.98 Å². The molecule has 104 valence electrons. The van der Waals surface area contributed by atoms with Gasteiger partial charge in [0.05, 0.1) is 0 Å². The summed E-state index contributed by atoms with van der Waals surface area (Å²) >= 11 is 1.56. The summed E-state index contributed by atoms with van der Waals surface area (Å²) in [4.78, 5) is 16.0. The topological polar surface area (TPSA) is 77.2 Å². The van der Waals surface area contributed by atoms with Crippen LogP contribution in [0.5, 0.6) is 11.5 Å². The van der Waals surface area contributed by atoms with Gasteiger partial charge in [0.15, 0.2) is 0 Å². The molecular formula is C14H15N3O2S. The Labute approximate surface area is 121 Å². The number of benzene rings is 1. The molecule has 1 aromatic heterocycles. The average molecular weight is 289 g/mol. The van der Waals surface area contributed by atoms with Gasteiger partial charge in [-0.1, -0.05) is 0 Å².